The minimum absolute atomic E-state index is 0.000194. The molecule has 7 heteroatoms. The number of carbonyl (C=O) groups excluding carboxylic acids is 2. The van der Waals surface area contributed by atoms with Crippen LogP contribution in [0.2, 0.25) is 10.0 Å². The number of carbonyl (C=O) groups is 2. The van der Waals surface area contributed by atoms with Crippen molar-refractivity contribution >= 4 is 35.0 Å². The third kappa shape index (κ3) is 7.88. The van der Waals surface area contributed by atoms with Crippen molar-refractivity contribution in [3.05, 3.63) is 64.1 Å². The van der Waals surface area contributed by atoms with Gasteiger partial charge in [-0.1, -0.05) is 35.3 Å². The maximum Gasteiger partial charge on any atom is 0.242 e. The van der Waals surface area contributed by atoms with Crippen molar-refractivity contribution in [2.24, 2.45) is 0 Å². The van der Waals surface area contributed by atoms with Crippen LogP contribution >= 0.6 is 23.2 Å². The van der Waals surface area contributed by atoms with Crippen molar-refractivity contribution < 1.29 is 14.3 Å². The Morgan fingerprint density at radius 3 is 2.10 bits per heavy atom. The van der Waals surface area contributed by atoms with Crippen molar-refractivity contribution in [3.8, 4) is 5.75 Å². The highest BCUT2D eigenvalue weighted by molar-refractivity contribution is 6.30. The van der Waals surface area contributed by atoms with Gasteiger partial charge in [0, 0.05) is 29.1 Å². The van der Waals surface area contributed by atoms with Crippen molar-refractivity contribution in [1.82, 2.24) is 10.2 Å². The molecule has 2 amide bonds. The van der Waals surface area contributed by atoms with E-state index in [1.54, 1.807) is 48.2 Å². The molecule has 0 unspecified atom stereocenters. The van der Waals surface area contributed by atoms with E-state index in [4.69, 9.17) is 27.9 Å². The van der Waals surface area contributed by atoms with E-state index in [0.717, 1.165) is 5.56 Å². The zero-order valence-corrected chi connectivity index (χ0v) is 19.0. The van der Waals surface area contributed by atoms with Gasteiger partial charge < -0.3 is 15.0 Å². The van der Waals surface area contributed by atoms with Crippen LogP contribution in [0.5, 0.6) is 5.75 Å². The molecule has 0 radical (unpaired) electrons. The van der Waals surface area contributed by atoms with E-state index < -0.39 is 6.04 Å². The lowest BCUT2D eigenvalue weighted by Gasteiger charge is -2.29. The van der Waals surface area contributed by atoms with Crippen LogP contribution in [-0.4, -0.2) is 35.4 Å². The molecule has 0 saturated carbocycles. The van der Waals surface area contributed by atoms with Gasteiger partial charge in [0.15, 0.2) is 0 Å². The molecule has 1 N–H and O–H groups in total. The first-order valence-corrected chi connectivity index (χ1v) is 10.7. The summed E-state index contributed by atoms with van der Waals surface area (Å²) < 4.78 is 5.66. The summed E-state index contributed by atoms with van der Waals surface area (Å²) >= 11 is 11.8. The fourth-order valence-corrected chi connectivity index (χ4v) is 3.11. The van der Waals surface area contributed by atoms with E-state index in [-0.39, 0.29) is 24.3 Å². The van der Waals surface area contributed by atoms with Gasteiger partial charge in [-0.3, -0.25) is 9.59 Å². The normalized spacial score (nSPS) is 11.8. The summed E-state index contributed by atoms with van der Waals surface area (Å²) in [5.41, 5.74) is 0.911. The van der Waals surface area contributed by atoms with Gasteiger partial charge in [-0.05, 0) is 69.2 Å². The molecule has 0 saturated heterocycles. The first-order valence-electron chi connectivity index (χ1n) is 9.99. The SMILES string of the molecule is CC(C)NC(=O)[C@@H](C)N(Cc1ccc(Cl)cc1)C(=O)CCCOc1ccc(Cl)cc1. The fraction of sp³-hybridized carbons (Fsp3) is 0.391. The van der Waals surface area contributed by atoms with Crippen LogP contribution in [0.3, 0.4) is 0 Å². The third-order valence-corrected chi connectivity index (χ3v) is 4.99. The summed E-state index contributed by atoms with van der Waals surface area (Å²) in [4.78, 5) is 27.1. The van der Waals surface area contributed by atoms with E-state index in [0.29, 0.717) is 35.4 Å². The molecule has 0 bridgehead atoms. The van der Waals surface area contributed by atoms with Gasteiger partial charge in [0.05, 0.1) is 6.61 Å². The monoisotopic (exact) mass is 450 g/mol. The number of amides is 2. The maximum absolute atomic E-state index is 12.9. The van der Waals surface area contributed by atoms with Crippen molar-refractivity contribution in [1.29, 1.82) is 0 Å². The lowest BCUT2D eigenvalue weighted by Crippen LogP contribution is -2.49. The molecule has 0 aliphatic rings. The summed E-state index contributed by atoms with van der Waals surface area (Å²) in [5.74, 6) is 0.426. The van der Waals surface area contributed by atoms with Gasteiger partial charge in [0.25, 0.3) is 0 Å². The van der Waals surface area contributed by atoms with E-state index in [1.165, 1.54) is 0 Å². The Morgan fingerprint density at radius 1 is 0.967 bits per heavy atom. The number of ether oxygens (including phenoxy) is 1. The molecule has 0 aliphatic carbocycles. The van der Waals surface area contributed by atoms with Crippen LogP contribution < -0.4 is 10.1 Å². The van der Waals surface area contributed by atoms with Gasteiger partial charge in [0.1, 0.15) is 11.8 Å². The lowest BCUT2D eigenvalue weighted by molar-refractivity contribution is -0.141. The third-order valence-electron chi connectivity index (χ3n) is 4.48. The molecular formula is C23H28Cl2N2O3. The molecule has 162 valence electrons. The number of nitrogens with zero attached hydrogens (tertiary/aromatic N) is 1. The predicted molar refractivity (Wildman–Crippen MR) is 121 cm³/mol. The minimum atomic E-state index is -0.590. The molecule has 1 atom stereocenters. The number of nitrogens with one attached hydrogen (secondary N) is 1. The molecule has 0 heterocycles. The van der Waals surface area contributed by atoms with Crippen molar-refractivity contribution in [2.75, 3.05) is 6.61 Å². The topological polar surface area (TPSA) is 58.6 Å². The quantitative estimate of drug-likeness (QED) is 0.512. The fourth-order valence-electron chi connectivity index (χ4n) is 2.86. The Kier molecular flexibility index (Phi) is 9.47. The highest BCUT2D eigenvalue weighted by atomic mass is 35.5. The van der Waals surface area contributed by atoms with E-state index in [9.17, 15) is 9.59 Å². The number of rotatable bonds is 10. The van der Waals surface area contributed by atoms with Crippen LogP contribution in [-0.2, 0) is 16.1 Å². The molecule has 0 spiro atoms. The van der Waals surface area contributed by atoms with E-state index in [2.05, 4.69) is 5.32 Å². The van der Waals surface area contributed by atoms with E-state index >= 15 is 0 Å². The van der Waals surface area contributed by atoms with Crippen molar-refractivity contribution in [3.63, 3.8) is 0 Å². The molecule has 2 aromatic rings. The van der Waals surface area contributed by atoms with Gasteiger partial charge in [-0.25, -0.2) is 0 Å². The van der Waals surface area contributed by atoms with Gasteiger partial charge in [0.2, 0.25) is 11.8 Å². The average molecular weight is 451 g/mol. The highest BCUT2D eigenvalue weighted by Crippen LogP contribution is 2.17. The molecule has 2 rings (SSSR count). The van der Waals surface area contributed by atoms with Gasteiger partial charge in [-0.15, -0.1) is 0 Å². The van der Waals surface area contributed by atoms with Gasteiger partial charge in [-0.2, -0.15) is 0 Å². The van der Waals surface area contributed by atoms with E-state index in [1.807, 2.05) is 26.0 Å². The smallest absolute Gasteiger partial charge is 0.242 e. The lowest BCUT2D eigenvalue weighted by atomic mass is 10.1. The number of hydrogen-bond acceptors (Lipinski definition) is 3. The Balaban J connectivity index is 1.98. The van der Waals surface area contributed by atoms with Gasteiger partial charge >= 0.3 is 0 Å². The summed E-state index contributed by atoms with van der Waals surface area (Å²) in [6, 6.07) is 13.8. The standard InChI is InChI=1S/C23H28Cl2N2O3/c1-16(2)26-23(29)17(3)27(15-18-6-8-19(24)9-7-18)22(28)5-4-14-30-21-12-10-20(25)11-13-21/h6-13,16-17H,4-5,14-15H2,1-3H3,(H,26,29)/t17-/m1/s1. The largest absolute Gasteiger partial charge is 0.494 e. The van der Waals surface area contributed by atoms with Crippen LogP contribution in [0.4, 0.5) is 0 Å². The number of hydrogen-bond donors (Lipinski definition) is 1. The molecule has 5 nitrogen and oxygen atoms in total. The maximum atomic E-state index is 12.9. The molecule has 0 aliphatic heterocycles. The Bertz CT molecular complexity index is 823. The summed E-state index contributed by atoms with van der Waals surface area (Å²) in [6.07, 6.45) is 0.817. The van der Waals surface area contributed by atoms with Crippen molar-refractivity contribution in [2.45, 2.75) is 52.2 Å². The highest BCUT2D eigenvalue weighted by Gasteiger charge is 2.26. The first kappa shape index (κ1) is 24.0. The second-order valence-electron chi connectivity index (χ2n) is 7.39. The van der Waals surface area contributed by atoms with Crippen LogP contribution in [0.1, 0.15) is 39.2 Å². The molecular weight excluding hydrogens is 423 g/mol. The minimum Gasteiger partial charge on any atom is -0.494 e. The zero-order chi connectivity index (χ0) is 22.1. The number of halogens is 2. The summed E-state index contributed by atoms with van der Waals surface area (Å²) in [7, 11) is 0. The zero-order valence-electron chi connectivity index (χ0n) is 17.5. The predicted octanol–water partition coefficient (Wildman–Crippen LogP) is 5.09. The average Bonchev–Trinajstić information content (AvgIpc) is 2.71. The van der Waals surface area contributed by atoms with Crippen LogP contribution in [0, 0.1) is 0 Å². The summed E-state index contributed by atoms with van der Waals surface area (Å²) in [6.45, 7) is 6.26. The second kappa shape index (κ2) is 11.8. The number of benzene rings is 2. The molecule has 0 aromatic heterocycles. The first-order chi connectivity index (χ1) is 14.3. The molecule has 30 heavy (non-hydrogen) atoms. The molecule has 2 aromatic carbocycles. The molecule has 0 fully saturated rings. The second-order valence-corrected chi connectivity index (χ2v) is 8.27. The van der Waals surface area contributed by atoms with Crippen LogP contribution in [0.25, 0.3) is 0 Å². The Morgan fingerprint density at radius 2 is 1.53 bits per heavy atom. The Labute approximate surface area is 188 Å². The van der Waals surface area contributed by atoms with Crippen LogP contribution in [0.15, 0.2) is 48.5 Å². The Hall–Kier alpha value is -2.24. The summed E-state index contributed by atoms with van der Waals surface area (Å²) in [5, 5.41) is 4.15.